The molecule has 0 radical (unpaired) electrons. The van der Waals surface area contributed by atoms with Gasteiger partial charge in [0.2, 0.25) is 0 Å². The fourth-order valence-corrected chi connectivity index (χ4v) is 2.70. The first-order valence-electron chi connectivity index (χ1n) is 6.95. The van der Waals surface area contributed by atoms with Crippen LogP contribution in [0.15, 0.2) is 42.5 Å². The number of halogens is 1. The van der Waals surface area contributed by atoms with Crippen molar-refractivity contribution in [3.63, 3.8) is 0 Å². The molecule has 0 amide bonds. The minimum absolute atomic E-state index is 0.192. The zero-order chi connectivity index (χ0) is 14.7. The third-order valence-electron chi connectivity index (χ3n) is 3.35. The highest BCUT2D eigenvalue weighted by Gasteiger charge is 2.12. The van der Waals surface area contributed by atoms with Crippen molar-refractivity contribution in [3.05, 3.63) is 64.7 Å². The Balaban J connectivity index is 2.28. The summed E-state index contributed by atoms with van der Waals surface area (Å²) in [6.07, 6.45) is 0.195. The first-order valence-corrected chi connectivity index (χ1v) is 7.87. The predicted molar refractivity (Wildman–Crippen MR) is 88.9 cm³/mol. The van der Waals surface area contributed by atoms with Gasteiger partial charge in [0.1, 0.15) is 5.75 Å². The van der Waals surface area contributed by atoms with Crippen molar-refractivity contribution in [2.24, 2.45) is 0 Å². The highest BCUT2D eigenvalue weighted by molar-refractivity contribution is 9.09. The summed E-state index contributed by atoms with van der Waals surface area (Å²) in [7, 11) is 0. The molecule has 0 saturated heterocycles. The molecule has 0 saturated carbocycles. The molecule has 0 aliphatic rings. The van der Waals surface area contributed by atoms with Crippen molar-refractivity contribution in [2.45, 2.75) is 38.6 Å². The van der Waals surface area contributed by atoms with Crippen LogP contribution < -0.4 is 4.74 Å². The van der Waals surface area contributed by atoms with Crippen molar-refractivity contribution < 1.29 is 4.74 Å². The van der Waals surface area contributed by atoms with E-state index in [4.69, 9.17) is 4.74 Å². The van der Waals surface area contributed by atoms with Gasteiger partial charge in [-0.05, 0) is 62.1 Å². The van der Waals surface area contributed by atoms with Crippen molar-refractivity contribution in [1.82, 2.24) is 0 Å². The van der Waals surface area contributed by atoms with Crippen LogP contribution >= 0.6 is 15.9 Å². The fourth-order valence-electron chi connectivity index (χ4n) is 2.13. The van der Waals surface area contributed by atoms with E-state index in [0.29, 0.717) is 0 Å². The molecule has 0 bridgehead atoms. The Hall–Kier alpha value is -1.28. The molecule has 0 aliphatic heterocycles. The molecule has 20 heavy (non-hydrogen) atoms. The van der Waals surface area contributed by atoms with E-state index in [1.54, 1.807) is 0 Å². The average molecular weight is 333 g/mol. The number of ether oxygens (including phenoxy) is 1. The largest absolute Gasteiger partial charge is 0.491 e. The van der Waals surface area contributed by atoms with Gasteiger partial charge in [0.15, 0.2) is 0 Å². The zero-order valence-corrected chi connectivity index (χ0v) is 14.1. The Labute approximate surface area is 130 Å². The van der Waals surface area contributed by atoms with Crippen LogP contribution in [0, 0.1) is 13.8 Å². The van der Waals surface area contributed by atoms with Gasteiger partial charge >= 0.3 is 0 Å². The lowest BCUT2D eigenvalue weighted by Crippen LogP contribution is -2.05. The Bertz CT molecular complexity index is 590. The van der Waals surface area contributed by atoms with Gasteiger partial charge in [0.05, 0.1) is 10.9 Å². The number of aryl methyl sites for hydroxylation is 2. The van der Waals surface area contributed by atoms with E-state index in [1.165, 1.54) is 22.3 Å². The first-order chi connectivity index (χ1) is 9.47. The van der Waals surface area contributed by atoms with E-state index in [0.717, 1.165) is 5.75 Å². The smallest absolute Gasteiger partial charge is 0.120 e. The molecule has 106 valence electrons. The third-order valence-corrected chi connectivity index (χ3v) is 4.40. The third kappa shape index (κ3) is 3.63. The van der Waals surface area contributed by atoms with Gasteiger partial charge in [0.25, 0.3) is 0 Å². The van der Waals surface area contributed by atoms with Gasteiger partial charge < -0.3 is 4.74 Å². The van der Waals surface area contributed by atoms with Gasteiger partial charge in [0, 0.05) is 0 Å². The Morgan fingerprint density at radius 2 is 1.60 bits per heavy atom. The lowest BCUT2D eigenvalue weighted by Gasteiger charge is -2.15. The summed E-state index contributed by atoms with van der Waals surface area (Å²) in [6, 6.07) is 14.9. The van der Waals surface area contributed by atoms with Crippen LogP contribution in [0.5, 0.6) is 5.75 Å². The molecule has 2 aromatic rings. The summed E-state index contributed by atoms with van der Waals surface area (Å²) in [5.74, 6) is 0.922. The number of hydrogen-bond donors (Lipinski definition) is 0. The maximum absolute atomic E-state index is 5.76. The van der Waals surface area contributed by atoms with Crippen molar-refractivity contribution in [3.8, 4) is 5.75 Å². The van der Waals surface area contributed by atoms with E-state index in [2.05, 4.69) is 60.1 Å². The maximum atomic E-state index is 5.76. The number of rotatable bonds is 4. The Morgan fingerprint density at radius 1 is 0.900 bits per heavy atom. The maximum Gasteiger partial charge on any atom is 0.120 e. The monoisotopic (exact) mass is 332 g/mol. The van der Waals surface area contributed by atoms with Gasteiger partial charge in [-0.3, -0.25) is 0 Å². The minimum atomic E-state index is 0.192. The van der Waals surface area contributed by atoms with E-state index in [-0.39, 0.29) is 10.9 Å². The number of hydrogen-bond acceptors (Lipinski definition) is 1. The van der Waals surface area contributed by atoms with Crippen molar-refractivity contribution in [2.75, 3.05) is 0 Å². The summed E-state index contributed by atoms with van der Waals surface area (Å²) < 4.78 is 5.76. The van der Waals surface area contributed by atoms with E-state index in [9.17, 15) is 0 Å². The molecule has 0 aromatic heterocycles. The van der Waals surface area contributed by atoms with Crippen LogP contribution in [0.3, 0.4) is 0 Å². The molecule has 1 unspecified atom stereocenters. The van der Waals surface area contributed by atoms with Gasteiger partial charge in [-0.1, -0.05) is 46.3 Å². The second-order valence-electron chi connectivity index (χ2n) is 5.45. The van der Waals surface area contributed by atoms with E-state index < -0.39 is 0 Å². The normalized spacial score (nSPS) is 12.5. The summed E-state index contributed by atoms with van der Waals surface area (Å²) >= 11 is 3.80. The molecule has 0 fully saturated rings. The summed E-state index contributed by atoms with van der Waals surface area (Å²) in [4.78, 5) is 0.192. The molecule has 0 heterocycles. The molecular weight excluding hydrogens is 312 g/mol. The second-order valence-corrected chi connectivity index (χ2v) is 6.36. The Morgan fingerprint density at radius 3 is 2.25 bits per heavy atom. The highest BCUT2D eigenvalue weighted by Crippen LogP contribution is 2.33. The quantitative estimate of drug-likeness (QED) is 0.664. The predicted octanol–water partition coefficient (Wildman–Crippen LogP) is 5.57. The van der Waals surface area contributed by atoms with Gasteiger partial charge in [-0.15, -0.1) is 0 Å². The molecule has 2 heteroatoms. The summed E-state index contributed by atoms with van der Waals surface area (Å²) in [5, 5.41) is 0. The van der Waals surface area contributed by atoms with E-state index in [1.807, 2.05) is 26.0 Å². The summed E-state index contributed by atoms with van der Waals surface area (Å²) in [6.45, 7) is 8.37. The molecule has 0 N–H and O–H groups in total. The standard InChI is InChI=1S/C18H21BrO/c1-12(2)20-17-7-5-6-15(11-17)18(19)16-9-8-13(3)14(4)10-16/h5-12,18H,1-4H3. The number of alkyl halides is 1. The van der Waals surface area contributed by atoms with Gasteiger partial charge in [-0.2, -0.15) is 0 Å². The number of benzene rings is 2. The van der Waals surface area contributed by atoms with Crippen LogP contribution in [0.4, 0.5) is 0 Å². The van der Waals surface area contributed by atoms with Crippen LogP contribution in [0.2, 0.25) is 0 Å². The molecule has 2 rings (SSSR count). The van der Waals surface area contributed by atoms with Crippen LogP contribution in [-0.4, -0.2) is 6.10 Å². The molecule has 0 spiro atoms. The topological polar surface area (TPSA) is 9.23 Å². The van der Waals surface area contributed by atoms with E-state index >= 15 is 0 Å². The Kier molecular flexibility index (Phi) is 4.87. The zero-order valence-electron chi connectivity index (χ0n) is 12.5. The minimum Gasteiger partial charge on any atom is -0.491 e. The van der Waals surface area contributed by atoms with Gasteiger partial charge in [-0.25, -0.2) is 0 Å². The van der Waals surface area contributed by atoms with Crippen LogP contribution in [0.25, 0.3) is 0 Å². The van der Waals surface area contributed by atoms with Crippen molar-refractivity contribution >= 4 is 15.9 Å². The molecule has 1 atom stereocenters. The van der Waals surface area contributed by atoms with Crippen LogP contribution in [0.1, 0.15) is 40.9 Å². The van der Waals surface area contributed by atoms with Crippen LogP contribution in [-0.2, 0) is 0 Å². The molecule has 0 aliphatic carbocycles. The first kappa shape index (κ1) is 15.1. The average Bonchev–Trinajstić information content (AvgIpc) is 2.40. The molecule has 1 nitrogen and oxygen atoms in total. The summed E-state index contributed by atoms with van der Waals surface area (Å²) in [5.41, 5.74) is 5.13. The lowest BCUT2D eigenvalue weighted by atomic mass is 10.0. The molecular formula is C18H21BrO. The highest BCUT2D eigenvalue weighted by atomic mass is 79.9. The second kappa shape index (κ2) is 6.45. The fraction of sp³-hybridized carbons (Fsp3) is 0.333. The molecule has 2 aromatic carbocycles. The lowest BCUT2D eigenvalue weighted by molar-refractivity contribution is 0.242. The van der Waals surface area contributed by atoms with Crippen molar-refractivity contribution in [1.29, 1.82) is 0 Å². The SMILES string of the molecule is Cc1ccc(C(Br)c2cccc(OC(C)C)c2)cc1C.